The van der Waals surface area contributed by atoms with Gasteiger partial charge in [0.2, 0.25) is 5.88 Å². The van der Waals surface area contributed by atoms with E-state index < -0.39 is 0 Å². The van der Waals surface area contributed by atoms with Crippen molar-refractivity contribution in [2.45, 2.75) is 0 Å². The quantitative estimate of drug-likeness (QED) is 0.771. The molecule has 4 heteroatoms. The number of hydrogen-bond acceptors (Lipinski definition) is 4. The molecule has 0 aliphatic heterocycles. The topological polar surface area (TPSA) is 56.3 Å². The molecular weight excluding hydrogens is 230 g/mol. The lowest BCUT2D eigenvalue weighted by Gasteiger charge is -2.08. The lowest BCUT2D eigenvalue weighted by atomic mass is 10.0. The van der Waals surface area contributed by atoms with Crippen LogP contribution in [-0.2, 0) is 0 Å². The second-order valence-corrected chi connectivity index (χ2v) is 3.68. The minimum absolute atomic E-state index is 0.444. The molecule has 0 atom stereocenters. The summed E-state index contributed by atoms with van der Waals surface area (Å²) in [6, 6.07) is 8.69. The summed E-state index contributed by atoms with van der Waals surface area (Å²) in [4.78, 5) is 25.4. The van der Waals surface area contributed by atoms with E-state index in [4.69, 9.17) is 4.74 Å². The van der Waals surface area contributed by atoms with Crippen molar-refractivity contribution in [3.8, 4) is 17.0 Å². The van der Waals surface area contributed by atoms with Crippen LogP contribution in [0.5, 0.6) is 5.88 Å². The Bertz CT molecular complexity index is 576. The SMILES string of the molecule is COc1ncc(C=O)cc1-c1ccc(C=O)cc1. The van der Waals surface area contributed by atoms with Crippen LogP contribution in [0, 0.1) is 0 Å². The van der Waals surface area contributed by atoms with Crippen LogP contribution in [0.25, 0.3) is 11.1 Å². The van der Waals surface area contributed by atoms with Gasteiger partial charge in [0.1, 0.15) is 6.29 Å². The number of pyridine rings is 1. The molecule has 18 heavy (non-hydrogen) atoms. The third-order valence-corrected chi connectivity index (χ3v) is 2.56. The van der Waals surface area contributed by atoms with Crippen LogP contribution in [0.2, 0.25) is 0 Å². The fourth-order valence-corrected chi connectivity index (χ4v) is 1.64. The molecule has 0 bridgehead atoms. The van der Waals surface area contributed by atoms with E-state index in [0.29, 0.717) is 17.0 Å². The van der Waals surface area contributed by atoms with Crippen molar-refractivity contribution in [2.24, 2.45) is 0 Å². The summed E-state index contributed by atoms with van der Waals surface area (Å²) in [5, 5.41) is 0. The van der Waals surface area contributed by atoms with Crippen molar-refractivity contribution < 1.29 is 14.3 Å². The number of ether oxygens (including phenoxy) is 1. The molecule has 0 saturated carbocycles. The molecule has 0 spiro atoms. The van der Waals surface area contributed by atoms with Gasteiger partial charge in [-0.05, 0) is 11.6 Å². The van der Waals surface area contributed by atoms with Gasteiger partial charge in [0.25, 0.3) is 0 Å². The van der Waals surface area contributed by atoms with Crippen molar-refractivity contribution in [3.63, 3.8) is 0 Å². The highest BCUT2D eigenvalue weighted by molar-refractivity contribution is 5.81. The van der Waals surface area contributed by atoms with Crippen LogP contribution >= 0.6 is 0 Å². The maximum atomic E-state index is 10.8. The number of carbonyl (C=O) groups is 2. The Morgan fingerprint density at radius 2 is 1.72 bits per heavy atom. The molecule has 0 N–H and O–H groups in total. The van der Waals surface area contributed by atoms with Gasteiger partial charge in [-0.3, -0.25) is 9.59 Å². The van der Waals surface area contributed by atoms with E-state index in [2.05, 4.69) is 4.98 Å². The Morgan fingerprint density at radius 1 is 1.06 bits per heavy atom. The summed E-state index contributed by atoms with van der Waals surface area (Å²) in [5.74, 6) is 0.444. The number of carbonyl (C=O) groups excluding carboxylic acids is 2. The first-order valence-electron chi connectivity index (χ1n) is 5.33. The van der Waals surface area contributed by atoms with E-state index in [0.717, 1.165) is 23.7 Å². The lowest BCUT2D eigenvalue weighted by molar-refractivity contribution is 0.111. The molecule has 0 aliphatic rings. The van der Waals surface area contributed by atoms with E-state index in [9.17, 15) is 9.59 Å². The van der Waals surface area contributed by atoms with Gasteiger partial charge in [-0.2, -0.15) is 0 Å². The van der Waals surface area contributed by atoms with E-state index in [1.165, 1.54) is 13.3 Å². The Balaban J connectivity index is 2.52. The minimum Gasteiger partial charge on any atom is -0.481 e. The zero-order chi connectivity index (χ0) is 13.0. The highest BCUT2D eigenvalue weighted by Crippen LogP contribution is 2.28. The van der Waals surface area contributed by atoms with Crippen LogP contribution in [-0.4, -0.2) is 24.7 Å². The van der Waals surface area contributed by atoms with Crippen LogP contribution in [0.4, 0.5) is 0 Å². The van der Waals surface area contributed by atoms with E-state index in [1.54, 1.807) is 30.3 Å². The lowest BCUT2D eigenvalue weighted by Crippen LogP contribution is -1.94. The molecular formula is C14H11NO3. The molecule has 2 rings (SSSR count). The van der Waals surface area contributed by atoms with Crippen molar-refractivity contribution in [2.75, 3.05) is 7.11 Å². The fourth-order valence-electron chi connectivity index (χ4n) is 1.64. The Hall–Kier alpha value is -2.49. The van der Waals surface area contributed by atoms with Crippen LogP contribution in [0.15, 0.2) is 36.5 Å². The Morgan fingerprint density at radius 3 is 2.28 bits per heavy atom. The molecule has 1 heterocycles. The largest absolute Gasteiger partial charge is 0.481 e. The zero-order valence-electron chi connectivity index (χ0n) is 9.79. The average molecular weight is 241 g/mol. The van der Waals surface area contributed by atoms with Gasteiger partial charge in [-0.25, -0.2) is 4.98 Å². The maximum absolute atomic E-state index is 10.8. The van der Waals surface area contributed by atoms with E-state index >= 15 is 0 Å². The molecule has 1 aromatic heterocycles. The second kappa shape index (κ2) is 5.23. The molecule has 0 aliphatic carbocycles. The summed E-state index contributed by atoms with van der Waals surface area (Å²) in [6.07, 6.45) is 2.96. The summed E-state index contributed by atoms with van der Waals surface area (Å²) in [5.41, 5.74) is 2.63. The first-order chi connectivity index (χ1) is 8.78. The Kier molecular flexibility index (Phi) is 3.48. The van der Waals surface area contributed by atoms with Crippen molar-refractivity contribution in [1.29, 1.82) is 0 Å². The summed E-state index contributed by atoms with van der Waals surface area (Å²) >= 11 is 0. The van der Waals surface area contributed by atoms with Crippen molar-refractivity contribution in [3.05, 3.63) is 47.7 Å². The third kappa shape index (κ3) is 2.27. The highest BCUT2D eigenvalue weighted by atomic mass is 16.5. The van der Waals surface area contributed by atoms with E-state index in [1.807, 2.05) is 0 Å². The Labute approximate surface area is 104 Å². The molecule has 2 aromatic rings. The predicted octanol–water partition coefficient (Wildman–Crippen LogP) is 2.38. The number of benzene rings is 1. The standard InChI is InChI=1S/C14H11NO3/c1-18-14-13(6-11(9-17)7-15-14)12-4-2-10(8-16)3-5-12/h2-9H,1H3. The predicted molar refractivity (Wildman–Crippen MR) is 67.0 cm³/mol. The number of aromatic nitrogens is 1. The molecule has 0 amide bonds. The van der Waals surface area contributed by atoms with Gasteiger partial charge in [-0.15, -0.1) is 0 Å². The molecule has 4 nitrogen and oxygen atoms in total. The van der Waals surface area contributed by atoms with Gasteiger partial charge in [0.05, 0.1) is 7.11 Å². The first-order valence-corrected chi connectivity index (χ1v) is 5.33. The van der Waals surface area contributed by atoms with Gasteiger partial charge in [0.15, 0.2) is 6.29 Å². The average Bonchev–Trinajstić information content (AvgIpc) is 2.46. The van der Waals surface area contributed by atoms with Crippen LogP contribution in [0.1, 0.15) is 20.7 Å². The van der Waals surface area contributed by atoms with Crippen LogP contribution in [0.3, 0.4) is 0 Å². The number of methoxy groups -OCH3 is 1. The zero-order valence-corrected chi connectivity index (χ0v) is 9.79. The normalized spacial score (nSPS) is 9.83. The number of aldehydes is 2. The van der Waals surface area contributed by atoms with Crippen LogP contribution < -0.4 is 4.74 Å². The van der Waals surface area contributed by atoms with Gasteiger partial charge >= 0.3 is 0 Å². The molecule has 1 aromatic carbocycles. The van der Waals surface area contributed by atoms with Crippen molar-refractivity contribution >= 4 is 12.6 Å². The van der Waals surface area contributed by atoms with Gasteiger partial charge in [-0.1, -0.05) is 24.3 Å². The monoisotopic (exact) mass is 241 g/mol. The maximum Gasteiger partial charge on any atom is 0.221 e. The molecule has 0 saturated heterocycles. The molecule has 0 fully saturated rings. The molecule has 0 unspecified atom stereocenters. The number of nitrogens with zero attached hydrogens (tertiary/aromatic N) is 1. The summed E-state index contributed by atoms with van der Waals surface area (Å²) in [6.45, 7) is 0. The minimum atomic E-state index is 0.444. The number of hydrogen-bond donors (Lipinski definition) is 0. The summed E-state index contributed by atoms with van der Waals surface area (Å²) in [7, 11) is 1.52. The summed E-state index contributed by atoms with van der Waals surface area (Å²) < 4.78 is 5.16. The van der Waals surface area contributed by atoms with Gasteiger partial charge in [0, 0.05) is 22.9 Å². The van der Waals surface area contributed by atoms with Gasteiger partial charge < -0.3 is 4.74 Å². The number of rotatable bonds is 4. The highest BCUT2D eigenvalue weighted by Gasteiger charge is 2.08. The first kappa shape index (κ1) is 12.0. The van der Waals surface area contributed by atoms with Crippen molar-refractivity contribution in [1.82, 2.24) is 4.98 Å². The smallest absolute Gasteiger partial charge is 0.221 e. The second-order valence-electron chi connectivity index (χ2n) is 3.68. The third-order valence-electron chi connectivity index (χ3n) is 2.56. The van der Waals surface area contributed by atoms with E-state index in [-0.39, 0.29) is 0 Å². The molecule has 90 valence electrons. The fraction of sp³-hybridized carbons (Fsp3) is 0.0714. The molecule has 0 radical (unpaired) electrons.